The van der Waals surface area contributed by atoms with Gasteiger partial charge in [-0.2, -0.15) is 127 Å². The molecule has 0 aliphatic heterocycles. The van der Waals surface area contributed by atoms with Crippen LogP contribution in [-0.2, 0) is 75.0 Å². The van der Waals surface area contributed by atoms with E-state index in [0.717, 1.165) is 31.3 Å². The van der Waals surface area contributed by atoms with Gasteiger partial charge in [-0.1, -0.05) is 80.8 Å². The molecule has 5 rings (SSSR count). The van der Waals surface area contributed by atoms with Gasteiger partial charge < -0.3 is 9.47 Å². The van der Waals surface area contributed by atoms with Crippen LogP contribution in [0.2, 0.25) is 0 Å². The van der Waals surface area contributed by atoms with Crippen molar-refractivity contribution < 1.29 is 129 Å². The number of nitrogens with zero attached hydrogens (tertiary/aromatic N) is 1. The van der Waals surface area contributed by atoms with E-state index in [0.29, 0.717) is 13.0 Å². The highest BCUT2D eigenvalue weighted by Gasteiger charge is 2.47. The molecule has 1 heterocycles. The molecule has 0 atom stereocenters. The molecule has 4 aromatic carbocycles. The smallest absolute Gasteiger partial charge is 0.416 e. The molecule has 1 aromatic heterocycles. The first kappa shape index (κ1) is 65.6. The van der Waals surface area contributed by atoms with E-state index in [2.05, 4.69) is 6.92 Å². The normalized spacial score (nSPS) is 13.1. The van der Waals surface area contributed by atoms with Gasteiger partial charge in [0.15, 0.2) is 18.9 Å². The number of rotatable bonds is 13. The van der Waals surface area contributed by atoms with Crippen LogP contribution in [0.5, 0.6) is 0 Å². The van der Waals surface area contributed by atoms with E-state index < -0.39 is 207 Å². The van der Waals surface area contributed by atoms with Crippen molar-refractivity contribution in [1.29, 1.82) is 0 Å². The molecule has 0 spiro atoms. The van der Waals surface area contributed by atoms with Crippen LogP contribution in [0.3, 0.4) is 0 Å². The lowest BCUT2D eigenvalue weighted by Gasteiger charge is -2.46. The summed E-state index contributed by atoms with van der Waals surface area (Å²) in [5.74, 6) is -1.28. The number of carbonyl (C=O) groups excluding carboxylic acids is 2. The van der Waals surface area contributed by atoms with Crippen molar-refractivity contribution in [1.82, 2.24) is 0 Å². The minimum Gasteiger partial charge on any atom is -0.465 e. The van der Waals surface area contributed by atoms with Gasteiger partial charge in [0.05, 0.1) is 58.7 Å². The third-order valence-electron chi connectivity index (χ3n) is 12.1. The van der Waals surface area contributed by atoms with E-state index in [1.54, 1.807) is 0 Å². The summed E-state index contributed by atoms with van der Waals surface area (Å²) in [5.41, 5.74) is -29.4. The molecule has 80 heavy (non-hydrogen) atoms. The lowest BCUT2D eigenvalue weighted by molar-refractivity contribution is -0.689. The number of hydrogen-bond acceptors (Lipinski definition) is 4. The molecule has 0 saturated carbocycles. The highest BCUT2D eigenvalue weighted by Crippen LogP contribution is 2.41. The lowest BCUT2D eigenvalue weighted by atomic mass is 9.12. The van der Waals surface area contributed by atoms with Gasteiger partial charge in [0, 0.05) is 17.7 Å². The number of aromatic nitrogens is 1. The van der Waals surface area contributed by atoms with Crippen LogP contribution in [-0.4, -0.2) is 32.3 Å². The zero-order valence-electron chi connectivity index (χ0n) is 40.8. The molecular weight excluding hydrogens is 1150 g/mol. The number of esters is 2. The van der Waals surface area contributed by atoms with Crippen molar-refractivity contribution in [3.05, 3.63) is 159 Å². The van der Waals surface area contributed by atoms with Crippen molar-refractivity contribution in [3.8, 4) is 0 Å². The molecule has 0 aliphatic carbocycles. The zero-order valence-corrected chi connectivity index (χ0v) is 40.8. The third-order valence-corrected chi connectivity index (χ3v) is 12.1. The summed E-state index contributed by atoms with van der Waals surface area (Å²) in [6.07, 6.45) is -46.1. The van der Waals surface area contributed by atoms with Gasteiger partial charge in [-0.05, 0) is 37.1 Å². The van der Waals surface area contributed by atoms with Crippen molar-refractivity contribution >= 4 is 39.9 Å². The van der Waals surface area contributed by atoms with Gasteiger partial charge in [-0.15, -0.1) is 0 Å². The average molecular weight is 1180 g/mol. The zero-order chi connectivity index (χ0) is 61.0. The largest absolute Gasteiger partial charge is 0.465 e. The van der Waals surface area contributed by atoms with Gasteiger partial charge in [-0.25, -0.2) is 14.2 Å². The summed E-state index contributed by atoms with van der Waals surface area (Å²) in [6, 6.07) is -3.08. The quantitative estimate of drug-likeness (QED) is 0.0172. The molecule has 0 N–H and O–H groups in total. The Bertz CT molecular complexity index is 2560. The number of unbranched alkanes of at least 4 members (excludes halogenated alkanes) is 3. The van der Waals surface area contributed by atoms with Crippen LogP contribution >= 0.6 is 0 Å². The van der Waals surface area contributed by atoms with Gasteiger partial charge in [-0.3, -0.25) is 0 Å². The minimum absolute atomic E-state index is 0.0165. The molecule has 0 unspecified atom stereocenters. The van der Waals surface area contributed by atoms with Gasteiger partial charge >= 0.3 is 61.3 Å². The molecule has 0 saturated heterocycles. The van der Waals surface area contributed by atoms with E-state index >= 15 is 0 Å². The van der Waals surface area contributed by atoms with E-state index in [9.17, 15) is 115 Å². The number of benzene rings is 4. The first-order chi connectivity index (χ1) is 36.4. The summed E-state index contributed by atoms with van der Waals surface area (Å²) in [4.78, 5) is 24.1. The van der Waals surface area contributed by atoms with Crippen LogP contribution < -0.4 is 26.4 Å². The van der Waals surface area contributed by atoms with Crippen molar-refractivity contribution in [2.45, 2.75) is 95.0 Å². The van der Waals surface area contributed by atoms with E-state index in [4.69, 9.17) is 9.47 Å². The summed E-state index contributed by atoms with van der Waals surface area (Å²) in [5, 5.41) is 0. The first-order valence-corrected chi connectivity index (χ1v) is 22.6. The number of allylic oxidation sites excluding steroid dienone is 1. The molecular formula is C50H38BF24NO4. The first-order valence-electron chi connectivity index (χ1n) is 22.6. The summed E-state index contributed by atoms with van der Waals surface area (Å²) < 4.78 is 352. The fourth-order valence-corrected chi connectivity index (χ4v) is 8.46. The Labute approximate surface area is 436 Å². The maximum absolute atomic E-state index is 14.2. The second-order valence-corrected chi connectivity index (χ2v) is 17.5. The Morgan fingerprint density at radius 2 is 0.637 bits per heavy atom. The van der Waals surface area contributed by atoms with E-state index in [-0.39, 0.29) is 5.57 Å². The Hall–Kier alpha value is -6.91. The van der Waals surface area contributed by atoms with Gasteiger partial charge in [0.2, 0.25) is 0 Å². The molecule has 438 valence electrons. The summed E-state index contributed by atoms with van der Waals surface area (Å²) >= 11 is 0. The van der Waals surface area contributed by atoms with Crippen molar-refractivity contribution in [2.24, 2.45) is 0 Å². The van der Waals surface area contributed by atoms with Gasteiger partial charge in [0.1, 0.15) is 11.7 Å². The number of methoxy groups -OCH3 is 2. The predicted molar refractivity (Wildman–Crippen MR) is 237 cm³/mol. The van der Waals surface area contributed by atoms with Gasteiger partial charge in [0.25, 0.3) is 0 Å². The molecule has 0 fully saturated rings. The monoisotopic (exact) mass is 1180 g/mol. The Morgan fingerprint density at radius 3 is 0.850 bits per heavy atom. The number of ether oxygens (including phenoxy) is 2. The predicted octanol–water partition coefficient (Wildman–Crippen LogP) is 13.8. The maximum atomic E-state index is 14.2. The van der Waals surface area contributed by atoms with E-state index in [1.165, 1.54) is 14.2 Å². The Kier molecular flexibility index (Phi) is 19.7. The maximum Gasteiger partial charge on any atom is 0.416 e. The van der Waals surface area contributed by atoms with Crippen LogP contribution in [0.1, 0.15) is 83.5 Å². The highest BCUT2D eigenvalue weighted by molar-refractivity contribution is 7.20. The third kappa shape index (κ3) is 16.1. The Balaban J connectivity index is 0.000000500. The second kappa shape index (κ2) is 24.0. The summed E-state index contributed by atoms with van der Waals surface area (Å²) in [7, 11) is 2.55. The fourth-order valence-electron chi connectivity index (χ4n) is 8.46. The number of hydrogen-bond donors (Lipinski definition) is 0. The van der Waals surface area contributed by atoms with Crippen LogP contribution in [0, 0.1) is 0 Å². The molecule has 0 amide bonds. The van der Waals surface area contributed by atoms with Crippen LogP contribution in [0.4, 0.5) is 105 Å². The number of alkyl halides is 24. The van der Waals surface area contributed by atoms with Crippen LogP contribution in [0.15, 0.2) is 115 Å². The number of halogens is 24. The fraction of sp³-hybridized carbons (Fsp3) is 0.340. The molecule has 5 aromatic rings. The molecule has 30 heteroatoms. The molecule has 0 radical (unpaired) electrons. The topological polar surface area (TPSA) is 56.5 Å². The second-order valence-electron chi connectivity index (χ2n) is 17.5. The minimum atomic E-state index is -6.13. The highest BCUT2D eigenvalue weighted by atomic mass is 19.4. The number of pyridine rings is 1. The van der Waals surface area contributed by atoms with Crippen molar-refractivity contribution in [3.63, 3.8) is 0 Å². The van der Waals surface area contributed by atoms with Crippen LogP contribution in [0.25, 0.3) is 0 Å². The average Bonchev–Trinajstić information content (AvgIpc) is 3.33. The SMILES string of the molecule is CCCCCCC(C[n+]1ccccc1)=C(C(=O)OC)C(=O)OC.FC(F)(F)c1cc([B-](c2cc(C(F)(F)F)cc(C(F)(F)F)c2)(c2cc(C(F)(F)F)cc(C(F)(F)F)c2)c2cc(C(F)(F)F)cc(C(F)(F)F)c2)cc(C(F)(F)F)c1. The van der Waals surface area contributed by atoms with E-state index in [1.807, 2.05) is 35.2 Å². The lowest BCUT2D eigenvalue weighted by Crippen LogP contribution is -2.75. The standard InChI is InChI=1S/C32H12BF24.C18H26NO4/c34-25(35,36)13-1-14(26(37,38)39)6-21(5-13)33(22-7-15(27(40,41)42)2-16(8-22)28(43,44)45,23-9-17(29(46,47)48)3-18(10-23)30(49,50)51)24-11-19(31(52,53)54)4-20(12-24)32(55,56)57;1-4-5-6-8-11-15(14-19-12-9-7-10-13-19)16(17(20)22-2)18(21)23-3/h1-12H;7,9-10,12-13H,4-6,8,11,14H2,1-3H3/q-1;+1. The molecule has 0 aliphatic rings. The molecule has 5 nitrogen and oxygen atoms in total. The Morgan fingerprint density at radius 1 is 0.388 bits per heavy atom. The summed E-state index contributed by atoms with van der Waals surface area (Å²) in [6.45, 7) is 2.61. The van der Waals surface area contributed by atoms with Crippen molar-refractivity contribution in [2.75, 3.05) is 14.2 Å². The number of carbonyl (C=O) groups is 2. The molecule has 0 bridgehead atoms.